The maximum atomic E-state index is 14.5. The third kappa shape index (κ3) is 4.47. The smallest absolute Gasteiger partial charge is 0.173 e. The molecule has 0 spiro atoms. The number of aromatic hydroxyl groups is 1. The lowest BCUT2D eigenvalue weighted by atomic mass is 10.00. The summed E-state index contributed by atoms with van der Waals surface area (Å²) in [5, 5.41) is 16.3. The predicted octanol–water partition coefficient (Wildman–Crippen LogP) is 4.38. The van der Waals surface area contributed by atoms with Gasteiger partial charge in [0.05, 0.1) is 16.9 Å². The van der Waals surface area contributed by atoms with E-state index in [2.05, 4.69) is 32.7 Å². The molecule has 5 rings (SSSR count). The Kier molecular flexibility index (Phi) is 5.93. The summed E-state index contributed by atoms with van der Waals surface area (Å²) in [4.78, 5) is 20.1. The summed E-state index contributed by atoms with van der Waals surface area (Å²) in [6.45, 7) is 4.32. The number of halogens is 1. The Bertz CT molecular complexity index is 1260. The molecule has 8 heteroatoms. The molecule has 2 aliphatic rings. The normalized spacial score (nSPS) is 18.0. The third-order valence-corrected chi connectivity index (χ3v) is 6.51. The largest absolute Gasteiger partial charge is 0.508 e. The molecule has 3 heterocycles. The number of likely N-dealkylation sites (tertiary alicyclic amines) is 1. The molecule has 2 aromatic carbocycles. The first-order chi connectivity index (χ1) is 16.4. The van der Waals surface area contributed by atoms with Crippen LogP contribution in [0.25, 0.3) is 0 Å². The summed E-state index contributed by atoms with van der Waals surface area (Å²) >= 11 is 0. The van der Waals surface area contributed by atoms with Gasteiger partial charge in [0.15, 0.2) is 5.78 Å². The Morgan fingerprint density at radius 1 is 1.26 bits per heavy atom. The number of phenols is 1. The first kappa shape index (κ1) is 22.3. The molecule has 1 aromatic heterocycles. The number of nitrogens with one attached hydrogen (secondary N) is 2. The number of fused-ring (bicyclic) bond motifs is 2. The molecule has 0 saturated carbocycles. The predicted molar refractivity (Wildman–Crippen MR) is 131 cm³/mol. The topological polar surface area (TPSA) is 104 Å². The summed E-state index contributed by atoms with van der Waals surface area (Å²) < 4.78 is 14.5. The Morgan fingerprint density at radius 2 is 2.12 bits per heavy atom. The lowest BCUT2D eigenvalue weighted by Gasteiger charge is -2.30. The minimum absolute atomic E-state index is 0.0249. The highest BCUT2D eigenvalue weighted by Gasteiger charge is 2.25. The second-order valence-corrected chi connectivity index (χ2v) is 9.18. The van der Waals surface area contributed by atoms with Gasteiger partial charge in [0.2, 0.25) is 0 Å². The molecule has 0 amide bonds. The van der Waals surface area contributed by atoms with Crippen molar-refractivity contribution in [3.05, 3.63) is 70.7 Å². The lowest BCUT2D eigenvalue weighted by Crippen LogP contribution is -2.42. The van der Waals surface area contributed by atoms with E-state index in [1.165, 1.54) is 12.1 Å². The molecule has 5 N–H and O–H groups in total. The van der Waals surface area contributed by atoms with Gasteiger partial charge in [0.1, 0.15) is 17.4 Å². The van der Waals surface area contributed by atoms with E-state index in [9.17, 15) is 14.3 Å². The number of carbonyl (C=O) groups excluding carboxylic acids is 1. The second kappa shape index (κ2) is 9.04. The number of carbonyl (C=O) groups is 1. The number of aromatic nitrogens is 1. The van der Waals surface area contributed by atoms with Crippen molar-refractivity contribution in [3.63, 3.8) is 0 Å². The van der Waals surface area contributed by atoms with Crippen LogP contribution in [0.3, 0.4) is 0 Å². The van der Waals surface area contributed by atoms with Gasteiger partial charge in [-0.3, -0.25) is 9.69 Å². The minimum atomic E-state index is -0.514. The molecule has 2 aliphatic heterocycles. The summed E-state index contributed by atoms with van der Waals surface area (Å²) in [5.41, 5.74) is 10.3. The number of benzene rings is 2. The molecule has 0 aliphatic carbocycles. The van der Waals surface area contributed by atoms with E-state index < -0.39 is 5.82 Å². The molecule has 34 heavy (non-hydrogen) atoms. The number of nitrogens with zero attached hydrogens (tertiary/aromatic N) is 2. The fourth-order valence-corrected chi connectivity index (χ4v) is 4.74. The molecule has 0 unspecified atom stereocenters. The van der Waals surface area contributed by atoms with Crippen LogP contribution in [0.5, 0.6) is 5.75 Å². The van der Waals surface area contributed by atoms with Crippen molar-refractivity contribution >= 4 is 28.7 Å². The quantitative estimate of drug-likeness (QED) is 0.457. The van der Waals surface area contributed by atoms with Crippen LogP contribution in [0.15, 0.2) is 42.6 Å². The minimum Gasteiger partial charge on any atom is -0.508 e. The maximum Gasteiger partial charge on any atom is 0.173 e. The summed E-state index contributed by atoms with van der Waals surface area (Å²) in [6.07, 6.45) is 3.92. The third-order valence-electron chi connectivity index (χ3n) is 6.51. The van der Waals surface area contributed by atoms with Crippen LogP contribution < -0.4 is 16.4 Å². The fourth-order valence-electron chi connectivity index (χ4n) is 4.74. The van der Waals surface area contributed by atoms with Crippen LogP contribution in [0.1, 0.15) is 39.9 Å². The van der Waals surface area contributed by atoms with Crippen LogP contribution in [-0.2, 0) is 13.0 Å². The number of nitrogens with two attached hydrogens (primary N) is 1. The van der Waals surface area contributed by atoms with E-state index in [1.54, 1.807) is 19.2 Å². The Hall–Kier alpha value is -3.49. The molecule has 0 bridgehead atoms. The number of rotatable bonds is 4. The van der Waals surface area contributed by atoms with Crippen molar-refractivity contribution in [2.24, 2.45) is 5.73 Å². The lowest BCUT2D eigenvalue weighted by molar-refractivity contribution is 0.0995. The van der Waals surface area contributed by atoms with Crippen LogP contribution in [0.2, 0.25) is 0 Å². The average molecular weight is 462 g/mol. The molecule has 176 valence electrons. The van der Waals surface area contributed by atoms with Crippen LogP contribution in [0.4, 0.5) is 27.3 Å². The van der Waals surface area contributed by atoms with Gasteiger partial charge < -0.3 is 21.5 Å². The van der Waals surface area contributed by atoms with Crippen molar-refractivity contribution in [2.45, 2.75) is 38.8 Å². The second-order valence-electron chi connectivity index (χ2n) is 9.18. The van der Waals surface area contributed by atoms with Crippen LogP contribution >= 0.6 is 0 Å². The van der Waals surface area contributed by atoms with Crippen molar-refractivity contribution in [1.29, 1.82) is 0 Å². The highest BCUT2D eigenvalue weighted by Crippen LogP contribution is 2.35. The van der Waals surface area contributed by atoms with Gasteiger partial charge in [-0.25, -0.2) is 9.37 Å². The molecule has 0 radical (unpaired) electrons. The number of phenolic OH excluding ortho intramolecular Hbond substituents is 1. The molecule has 7 nitrogen and oxygen atoms in total. The van der Waals surface area contributed by atoms with Gasteiger partial charge in [-0.1, -0.05) is 12.1 Å². The maximum absolute atomic E-state index is 14.5. The Balaban J connectivity index is 1.42. The zero-order valence-electron chi connectivity index (χ0n) is 19.1. The first-order valence-electron chi connectivity index (χ1n) is 11.5. The Morgan fingerprint density at radius 3 is 2.94 bits per heavy atom. The van der Waals surface area contributed by atoms with Gasteiger partial charge in [-0.05, 0) is 61.2 Å². The van der Waals surface area contributed by atoms with Crippen molar-refractivity contribution < 1.29 is 14.3 Å². The molecule has 1 atom stereocenters. The fraction of sp³-hybridized carbons (Fsp3) is 0.308. The van der Waals surface area contributed by atoms with Gasteiger partial charge in [0.25, 0.3) is 0 Å². The molecular weight excluding hydrogens is 433 g/mol. The van der Waals surface area contributed by atoms with Crippen molar-refractivity contribution in [1.82, 2.24) is 9.88 Å². The number of aryl methyl sites for hydroxylation is 1. The zero-order valence-corrected chi connectivity index (χ0v) is 19.1. The Labute approximate surface area is 197 Å². The van der Waals surface area contributed by atoms with Gasteiger partial charge >= 0.3 is 0 Å². The molecule has 1 saturated heterocycles. The summed E-state index contributed by atoms with van der Waals surface area (Å²) in [7, 11) is 0. The molecule has 3 aromatic rings. The van der Waals surface area contributed by atoms with E-state index in [4.69, 9.17) is 5.73 Å². The van der Waals surface area contributed by atoms with E-state index in [1.807, 2.05) is 6.07 Å². The summed E-state index contributed by atoms with van der Waals surface area (Å²) in [5.74, 6) is -0.241. The number of hydrogen-bond acceptors (Lipinski definition) is 7. The van der Waals surface area contributed by atoms with Gasteiger partial charge in [-0.15, -0.1) is 0 Å². The monoisotopic (exact) mass is 461 g/mol. The SMILES string of the molecule is Cc1cc(F)c(Nc2ccnc3c2C(=O)Cc2cc(CN4CCC[C@H](N)C4)ccc2N3)cc1O. The number of ketones is 1. The van der Waals surface area contributed by atoms with E-state index in [0.29, 0.717) is 22.6 Å². The van der Waals surface area contributed by atoms with Crippen LogP contribution in [0, 0.1) is 12.7 Å². The van der Waals surface area contributed by atoms with Gasteiger partial charge in [-0.2, -0.15) is 0 Å². The number of Topliss-reactive ketones (excluding diaryl/α,β-unsaturated/α-hetero) is 1. The highest BCUT2D eigenvalue weighted by molar-refractivity contribution is 6.09. The number of anilines is 4. The number of hydrogen-bond donors (Lipinski definition) is 4. The average Bonchev–Trinajstić information content (AvgIpc) is 2.93. The standard InChI is InChI=1S/C26H28FN5O2/c1-15-9-19(27)22(12-23(15)33)30-21-6-7-29-26-25(21)24(34)11-17-10-16(4-5-20(17)31-26)13-32-8-2-3-18(28)14-32/h4-7,9-10,12,18,33H,2-3,8,11,13-14,28H2,1H3,(H2,29,30,31)/t18-/m0/s1. The van der Waals surface area contributed by atoms with E-state index in [-0.39, 0.29) is 29.7 Å². The highest BCUT2D eigenvalue weighted by atomic mass is 19.1. The van der Waals surface area contributed by atoms with Crippen LogP contribution in [-0.4, -0.2) is 39.9 Å². The van der Waals surface area contributed by atoms with Gasteiger partial charge in [0, 0.05) is 43.5 Å². The summed E-state index contributed by atoms with van der Waals surface area (Å²) in [6, 6.07) is 10.5. The number of pyridine rings is 1. The first-order valence-corrected chi connectivity index (χ1v) is 11.5. The molecular formula is C26H28FN5O2. The van der Waals surface area contributed by atoms with Crippen molar-refractivity contribution in [2.75, 3.05) is 23.7 Å². The van der Waals surface area contributed by atoms with Crippen molar-refractivity contribution in [3.8, 4) is 5.75 Å². The number of piperidine rings is 1. The molecule has 1 fully saturated rings. The zero-order chi connectivity index (χ0) is 23.8. The van der Waals surface area contributed by atoms with E-state index in [0.717, 1.165) is 49.3 Å². The van der Waals surface area contributed by atoms with E-state index >= 15 is 0 Å².